The minimum Gasteiger partial charge on any atom is -0.340 e. The van der Waals surface area contributed by atoms with Crippen LogP contribution in [0.15, 0.2) is 85.2 Å². The fraction of sp³-hybridized carbons (Fsp3) is 0. The van der Waals surface area contributed by atoms with Crippen molar-refractivity contribution < 1.29 is 4.39 Å². The molecule has 3 aromatic carbocycles. The molecule has 0 saturated heterocycles. The van der Waals surface area contributed by atoms with Crippen molar-refractivity contribution in [2.24, 2.45) is 0 Å². The van der Waals surface area contributed by atoms with Crippen LogP contribution in [0.4, 0.5) is 15.9 Å². The van der Waals surface area contributed by atoms with Crippen LogP contribution in [0.3, 0.4) is 0 Å². The molecule has 0 amide bonds. The number of nitriles is 1. The lowest BCUT2D eigenvalue weighted by atomic mass is 9.99. The zero-order chi connectivity index (χ0) is 22.8. The van der Waals surface area contributed by atoms with Gasteiger partial charge in [0.2, 0.25) is 0 Å². The van der Waals surface area contributed by atoms with Crippen LogP contribution in [0.1, 0.15) is 5.56 Å². The molecule has 0 aliphatic rings. The van der Waals surface area contributed by atoms with Crippen molar-refractivity contribution >= 4 is 34.0 Å². The third-order valence-corrected chi connectivity index (χ3v) is 5.45. The van der Waals surface area contributed by atoms with Crippen LogP contribution in [0.2, 0.25) is 5.02 Å². The molecule has 0 fully saturated rings. The van der Waals surface area contributed by atoms with E-state index in [1.807, 2.05) is 48.5 Å². The van der Waals surface area contributed by atoms with Gasteiger partial charge in [-0.3, -0.25) is 4.98 Å². The van der Waals surface area contributed by atoms with Crippen molar-refractivity contribution in [3.63, 3.8) is 0 Å². The molecule has 1 N–H and O–H groups in total. The zero-order valence-corrected chi connectivity index (χ0v) is 17.9. The maximum Gasteiger partial charge on any atom is 0.163 e. The average Bonchev–Trinajstić information content (AvgIpc) is 2.86. The summed E-state index contributed by atoms with van der Waals surface area (Å²) in [7, 11) is 0. The second kappa shape index (κ2) is 8.65. The van der Waals surface area contributed by atoms with Crippen LogP contribution in [-0.2, 0) is 0 Å². The summed E-state index contributed by atoms with van der Waals surface area (Å²) in [6.07, 6.45) is 3.37. The summed E-state index contributed by atoms with van der Waals surface area (Å²) in [5, 5.41) is 13.5. The summed E-state index contributed by atoms with van der Waals surface area (Å²) in [5.41, 5.74) is 4.30. The average molecular weight is 452 g/mol. The van der Waals surface area contributed by atoms with Gasteiger partial charge in [-0.2, -0.15) is 5.26 Å². The number of fused-ring (bicyclic) bond motifs is 1. The fourth-order valence-corrected chi connectivity index (χ4v) is 3.74. The number of hydrogen-bond donors (Lipinski definition) is 1. The Hall–Kier alpha value is -4.34. The van der Waals surface area contributed by atoms with Gasteiger partial charge in [-0.05, 0) is 59.7 Å². The number of anilines is 2. The highest BCUT2D eigenvalue weighted by molar-refractivity contribution is 6.31. The van der Waals surface area contributed by atoms with E-state index in [0.29, 0.717) is 28.4 Å². The molecule has 5 nitrogen and oxygen atoms in total. The van der Waals surface area contributed by atoms with Crippen LogP contribution < -0.4 is 5.32 Å². The Morgan fingerprint density at radius 3 is 2.58 bits per heavy atom. The lowest BCUT2D eigenvalue weighted by molar-refractivity contribution is 0.628. The molecule has 0 spiro atoms. The lowest BCUT2D eigenvalue weighted by Crippen LogP contribution is -2.00. The van der Waals surface area contributed by atoms with Crippen LogP contribution in [0.5, 0.6) is 0 Å². The molecule has 7 heteroatoms. The third-order valence-electron chi connectivity index (χ3n) is 5.16. The van der Waals surface area contributed by atoms with Gasteiger partial charge in [0.25, 0.3) is 0 Å². The highest BCUT2D eigenvalue weighted by Gasteiger charge is 2.13. The number of nitrogens with one attached hydrogen (secondary N) is 1. The standard InChI is InChI=1S/C26H15ClFN5/c27-22-13-19(8-10-23(22)28)31-26-21-9-7-16(20-6-2-1-4-17(20)14-29)12-24(21)32-25(33-26)18-5-3-11-30-15-18/h1-13,15H,(H,31,32,33). The van der Waals surface area contributed by atoms with E-state index in [9.17, 15) is 9.65 Å². The molecule has 0 aliphatic heterocycles. The van der Waals surface area contributed by atoms with Crippen molar-refractivity contribution in [2.45, 2.75) is 0 Å². The summed E-state index contributed by atoms with van der Waals surface area (Å²) < 4.78 is 13.6. The first-order valence-electron chi connectivity index (χ1n) is 10.1. The number of nitrogens with zero attached hydrogens (tertiary/aromatic N) is 4. The molecular weight excluding hydrogens is 437 g/mol. The van der Waals surface area contributed by atoms with Crippen molar-refractivity contribution in [3.05, 3.63) is 102 Å². The first-order chi connectivity index (χ1) is 16.1. The molecule has 5 rings (SSSR count). The smallest absolute Gasteiger partial charge is 0.163 e. The number of hydrogen-bond acceptors (Lipinski definition) is 5. The highest BCUT2D eigenvalue weighted by Crippen LogP contribution is 2.32. The Labute approximate surface area is 194 Å². The molecule has 33 heavy (non-hydrogen) atoms. The number of rotatable bonds is 4. The molecule has 5 aromatic rings. The van der Waals surface area contributed by atoms with E-state index in [-0.39, 0.29) is 5.02 Å². The van der Waals surface area contributed by atoms with Gasteiger partial charge in [0, 0.05) is 29.0 Å². The van der Waals surface area contributed by atoms with Crippen LogP contribution >= 0.6 is 11.6 Å². The topological polar surface area (TPSA) is 74.5 Å². The number of benzene rings is 3. The van der Waals surface area contributed by atoms with E-state index >= 15 is 0 Å². The van der Waals surface area contributed by atoms with E-state index in [1.54, 1.807) is 24.5 Å². The zero-order valence-electron chi connectivity index (χ0n) is 17.1. The molecule has 0 saturated carbocycles. The van der Waals surface area contributed by atoms with Crippen LogP contribution in [0, 0.1) is 17.1 Å². The molecule has 0 aliphatic carbocycles. The SMILES string of the molecule is N#Cc1ccccc1-c1ccc2c(Nc3ccc(F)c(Cl)c3)nc(-c3cccnc3)nc2c1. The number of halogens is 2. The van der Waals surface area contributed by atoms with Gasteiger partial charge in [0.05, 0.1) is 22.2 Å². The molecule has 0 bridgehead atoms. The van der Waals surface area contributed by atoms with Crippen LogP contribution in [0.25, 0.3) is 33.4 Å². The quantitative estimate of drug-likeness (QED) is 0.326. The first-order valence-corrected chi connectivity index (χ1v) is 10.4. The first kappa shape index (κ1) is 20.6. The molecule has 158 valence electrons. The molecular formula is C26H15ClFN5. The summed E-state index contributed by atoms with van der Waals surface area (Å²) in [6.45, 7) is 0. The van der Waals surface area contributed by atoms with Gasteiger partial charge in [-0.25, -0.2) is 14.4 Å². The minimum atomic E-state index is -0.494. The molecule has 2 heterocycles. The summed E-state index contributed by atoms with van der Waals surface area (Å²) in [5.74, 6) is 0.533. The van der Waals surface area contributed by atoms with Crippen molar-refractivity contribution in [3.8, 4) is 28.6 Å². The van der Waals surface area contributed by atoms with E-state index in [1.165, 1.54) is 12.1 Å². The third kappa shape index (κ3) is 4.10. The Balaban J connectivity index is 1.69. The maximum absolute atomic E-state index is 13.6. The van der Waals surface area contributed by atoms with Crippen molar-refractivity contribution in [1.29, 1.82) is 5.26 Å². The lowest BCUT2D eigenvalue weighted by Gasteiger charge is -2.13. The van der Waals surface area contributed by atoms with Crippen LogP contribution in [-0.4, -0.2) is 15.0 Å². The van der Waals surface area contributed by atoms with Gasteiger partial charge >= 0.3 is 0 Å². The summed E-state index contributed by atoms with van der Waals surface area (Å²) in [6, 6.07) is 23.5. The van der Waals surface area contributed by atoms with Crippen molar-refractivity contribution in [2.75, 3.05) is 5.32 Å². The fourth-order valence-electron chi connectivity index (χ4n) is 3.56. The summed E-state index contributed by atoms with van der Waals surface area (Å²) >= 11 is 5.96. The Kier molecular flexibility index (Phi) is 5.39. The molecule has 0 radical (unpaired) electrons. The second-order valence-corrected chi connectivity index (χ2v) is 7.69. The highest BCUT2D eigenvalue weighted by atomic mass is 35.5. The molecule has 0 atom stereocenters. The largest absolute Gasteiger partial charge is 0.340 e. The van der Waals surface area contributed by atoms with E-state index < -0.39 is 5.82 Å². The monoisotopic (exact) mass is 451 g/mol. The van der Waals surface area contributed by atoms with E-state index in [4.69, 9.17) is 21.6 Å². The van der Waals surface area contributed by atoms with Gasteiger partial charge in [-0.15, -0.1) is 0 Å². The molecule has 0 unspecified atom stereocenters. The van der Waals surface area contributed by atoms with E-state index in [2.05, 4.69) is 16.4 Å². The predicted octanol–water partition coefficient (Wildman–Crippen LogP) is 6.77. The normalized spacial score (nSPS) is 10.7. The van der Waals surface area contributed by atoms with Gasteiger partial charge in [0.15, 0.2) is 5.82 Å². The van der Waals surface area contributed by atoms with Gasteiger partial charge < -0.3 is 5.32 Å². The number of pyridine rings is 1. The van der Waals surface area contributed by atoms with E-state index in [0.717, 1.165) is 22.1 Å². The molecule has 2 aromatic heterocycles. The van der Waals surface area contributed by atoms with Crippen molar-refractivity contribution in [1.82, 2.24) is 15.0 Å². The number of aromatic nitrogens is 3. The van der Waals surface area contributed by atoms with Gasteiger partial charge in [0.1, 0.15) is 11.6 Å². The maximum atomic E-state index is 13.6. The Morgan fingerprint density at radius 2 is 1.79 bits per heavy atom. The Morgan fingerprint density at radius 1 is 0.909 bits per heavy atom. The van der Waals surface area contributed by atoms with Gasteiger partial charge in [-0.1, -0.05) is 35.9 Å². The second-order valence-electron chi connectivity index (χ2n) is 7.28. The predicted molar refractivity (Wildman–Crippen MR) is 128 cm³/mol. The Bertz CT molecular complexity index is 1530. The summed E-state index contributed by atoms with van der Waals surface area (Å²) in [4.78, 5) is 13.6. The minimum absolute atomic E-state index is 0.0150.